The fraction of sp³-hybridized carbons (Fsp3) is 0.130. The van der Waals surface area contributed by atoms with Crippen LogP contribution >= 0.6 is 23.4 Å². The zero-order chi connectivity index (χ0) is 23.2. The SMILES string of the molecule is Cc1ccc(-n2c(SCC(=O)NC(=O)NCc3ccco3)nnc2-c2ccc(Cl)cc2)cc1. The molecule has 4 aromatic rings. The molecule has 2 N–H and O–H groups in total. The van der Waals surface area contributed by atoms with Gasteiger partial charge in [-0.2, -0.15) is 0 Å². The number of nitrogens with one attached hydrogen (secondary N) is 2. The predicted octanol–water partition coefficient (Wildman–Crippen LogP) is 4.61. The van der Waals surface area contributed by atoms with E-state index in [0.29, 0.717) is 21.8 Å². The van der Waals surface area contributed by atoms with Crippen molar-refractivity contribution in [1.29, 1.82) is 0 Å². The summed E-state index contributed by atoms with van der Waals surface area (Å²) >= 11 is 7.21. The summed E-state index contributed by atoms with van der Waals surface area (Å²) < 4.78 is 7.02. The number of rotatable bonds is 7. The maximum absolute atomic E-state index is 12.3. The number of hydrogen-bond acceptors (Lipinski definition) is 6. The number of urea groups is 1. The molecular formula is C23H20ClN5O3S. The largest absolute Gasteiger partial charge is 0.467 e. The van der Waals surface area contributed by atoms with Gasteiger partial charge in [-0.1, -0.05) is 41.1 Å². The third-order valence-electron chi connectivity index (χ3n) is 4.62. The van der Waals surface area contributed by atoms with Crippen molar-refractivity contribution in [2.24, 2.45) is 0 Å². The number of aryl methyl sites for hydroxylation is 1. The van der Waals surface area contributed by atoms with Gasteiger partial charge in [-0.05, 0) is 55.5 Å². The Morgan fingerprint density at radius 3 is 2.52 bits per heavy atom. The summed E-state index contributed by atoms with van der Waals surface area (Å²) in [6, 6.07) is 18.1. The number of carbonyl (C=O) groups excluding carboxylic acids is 2. The zero-order valence-corrected chi connectivity index (χ0v) is 19.2. The molecule has 0 aliphatic carbocycles. The van der Waals surface area contributed by atoms with Crippen LogP contribution in [0.15, 0.2) is 76.5 Å². The second-order valence-electron chi connectivity index (χ2n) is 7.08. The lowest BCUT2D eigenvalue weighted by Crippen LogP contribution is -2.39. The first-order chi connectivity index (χ1) is 16.0. The third kappa shape index (κ3) is 5.82. The van der Waals surface area contributed by atoms with Crippen molar-refractivity contribution in [3.05, 3.63) is 83.3 Å². The zero-order valence-electron chi connectivity index (χ0n) is 17.6. The van der Waals surface area contributed by atoms with E-state index >= 15 is 0 Å². The minimum absolute atomic E-state index is 0.0151. The molecule has 33 heavy (non-hydrogen) atoms. The van der Waals surface area contributed by atoms with E-state index in [0.717, 1.165) is 16.8 Å². The van der Waals surface area contributed by atoms with E-state index in [1.165, 1.54) is 18.0 Å². The first kappa shape index (κ1) is 22.6. The van der Waals surface area contributed by atoms with E-state index in [2.05, 4.69) is 20.8 Å². The van der Waals surface area contributed by atoms with Crippen LogP contribution in [0.25, 0.3) is 17.1 Å². The van der Waals surface area contributed by atoms with Crippen LogP contribution in [0.5, 0.6) is 0 Å². The van der Waals surface area contributed by atoms with Crippen LogP contribution in [-0.2, 0) is 11.3 Å². The molecule has 4 rings (SSSR count). The predicted molar refractivity (Wildman–Crippen MR) is 126 cm³/mol. The van der Waals surface area contributed by atoms with E-state index < -0.39 is 11.9 Å². The Morgan fingerprint density at radius 2 is 1.82 bits per heavy atom. The van der Waals surface area contributed by atoms with Crippen molar-refractivity contribution in [3.63, 3.8) is 0 Å². The number of amides is 3. The maximum atomic E-state index is 12.3. The standard InChI is InChI=1S/C23H20ClN5O3S/c1-15-4-10-18(11-5-15)29-21(16-6-8-17(24)9-7-16)27-28-23(29)33-14-20(30)26-22(31)25-13-19-3-2-12-32-19/h2-12H,13-14H2,1H3,(H2,25,26,30,31). The normalized spacial score (nSPS) is 10.7. The molecule has 0 saturated heterocycles. The van der Waals surface area contributed by atoms with Gasteiger partial charge >= 0.3 is 6.03 Å². The third-order valence-corrected chi connectivity index (χ3v) is 5.80. The molecule has 3 amide bonds. The minimum Gasteiger partial charge on any atom is -0.467 e. The van der Waals surface area contributed by atoms with E-state index in [-0.39, 0.29) is 12.3 Å². The molecule has 8 nitrogen and oxygen atoms in total. The van der Waals surface area contributed by atoms with Crippen molar-refractivity contribution in [1.82, 2.24) is 25.4 Å². The number of hydrogen-bond donors (Lipinski definition) is 2. The number of imide groups is 1. The first-order valence-electron chi connectivity index (χ1n) is 10.0. The monoisotopic (exact) mass is 481 g/mol. The summed E-state index contributed by atoms with van der Waals surface area (Å²) in [6.45, 7) is 2.19. The highest BCUT2D eigenvalue weighted by Gasteiger charge is 2.18. The Bertz CT molecular complexity index is 1240. The fourth-order valence-corrected chi connectivity index (χ4v) is 3.87. The summed E-state index contributed by atoms with van der Waals surface area (Å²) in [6.07, 6.45) is 1.51. The lowest BCUT2D eigenvalue weighted by Gasteiger charge is -2.11. The summed E-state index contributed by atoms with van der Waals surface area (Å²) in [7, 11) is 0. The van der Waals surface area contributed by atoms with Crippen LogP contribution in [0.3, 0.4) is 0 Å². The minimum atomic E-state index is -0.598. The topological polar surface area (TPSA) is 102 Å². The number of thioether (sulfide) groups is 1. The molecule has 168 valence electrons. The van der Waals surface area contributed by atoms with Gasteiger partial charge in [0.2, 0.25) is 5.91 Å². The Labute approximate surface area is 199 Å². The Morgan fingerprint density at radius 1 is 1.06 bits per heavy atom. The lowest BCUT2D eigenvalue weighted by atomic mass is 10.2. The van der Waals surface area contributed by atoms with Crippen LogP contribution in [0, 0.1) is 6.92 Å². The van der Waals surface area contributed by atoms with Crippen molar-refractivity contribution in [2.75, 3.05) is 5.75 Å². The molecule has 0 saturated carbocycles. The van der Waals surface area contributed by atoms with Crippen LogP contribution in [0.1, 0.15) is 11.3 Å². The average Bonchev–Trinajstić information content (AvgIpc) is 3.47. The highest BCUT2D eigenvalue weighted by atomic mass is 35.5. The van der Waals surface area contributed by atoms with Crippen LogP contribution in [0.4, 0.5) is 4.79 Å². The number of furan rings is 1. The molecule has 0 aliphatic heterocycles. The smallest absolute Gasteiger partial charge is 0.321 e. The van der Waals surface area contributed by atoms with Crippen LogP contribution < -0.4 is 10.6 Å². The van der Waals surface area contributed by atoms with Crippen LogP contribution in [0.2, 0.25) is 5.02 Å². The second kappa shape index (κ2) is 10.4. The average molecular weight is 482 g/mol. The van der Waals surface area contributed by atoms with Crippen molar-refractivity contribution in [3.8, 4) is 17.1 Å². The molecule has 0 spiro atoms. The van der Waals surface area contributed by atoms with Gasteiger partial charge in [0.1, 0.15) is 5.76 Å². The van der Waals surface area contributed by atoms with Crippen molar-refractivity contribution < 1.29 is 14.0 Å². The molecule has 0 fully saturated rings. The molecular weight excluding hydrogens is 462 g/mol. The van der Waals surface area contributed by atoms with Crippen LogP contribution in [-0.4, -0.2) is 32.5 Å². The van der Waals surface area contributed by atoms with Gasteiger partial charge in [-0.25, -0.2) is 4.79 Å². The Balaban J connectivity index is 1.47. The lowest BCUT2D eigenvalue weighted by molar-refractivity contribution is -0.117. The molecule has 10 heteroatoms. The molecule has 0 bridgehead atoms. The molecule has 0 radical (unpaired) electrons. The Hall–Kier alpha value is -3.56. The summed E-state index contributed by atoms with van der Waals surface area (Å²) in [5, 5.41) is 14.6. The number of carbonyl (C=O) groups is 2. The number of halogens is 1. The van der Waals surface area contributed by atoms with Gasteiger partial charge in [0.15, 0.2) is 11.0 Å². The van der Waals surface area contributed by atoms with Crippen molar-refractivity contribution >= 4 is 35.3 Å². The fourth-order valence-electron chi connectivity index (χ4n) is 2.99. The molecule has 0 aliphatic rings. The van der Waals surface area contributed by atoms with Gasteiger partial charge in [-0.15, -0.1) is 10.2 Å². The number of aromatic nitrogens is 3. The van der Waals surface area contributed by atoms with Gasteiger partial charge in [0.25, 0.3) is 0 Å². The first-order valence-corrected chi connectivity index (χ1v) is 11.4. The summed E-state index contributed by atoms with van der Waals surface area (Å²) in [5.41, 5.74) is 2.81. The summed E-state index contributed by atoms with van der Waals surface area (Å²) in [4.78, 5) is 24.3. The molecule has 2 aromatic carbocycles. The maximum Gasteiger partial charge on any atom is 0.321 e. The van der Waals surface area contributed by atoms with Gasteiger partial charge in [-0.3, -0.25) is 14.7 Å². The number of benzene rings is 2. The molecule has 0 atom stereocenters. The van der Waals surface area contributed by atoms with Gasteiger partial charge < -0.3 is 9.73 Å². The molecule has 0 unspecified atom stereocenters. The van der Waals surface area contributed by atoms with Gasteiger partial charge in [0, 0.05) is 16.3 Å². The summed E-state index contributed by atoms with van der Waals surface area (Å²) in [5.74, 6) is 0.740. The molecule has 2 aromatic heterocycles. The van der Waals surface area contributed by atoms with E-state index in [1.54, 1.807) is 24.3 Å². The van der Waals surface area contributed by atoms with Crippen molar-refractivity contribution in [2.45, 2.75) is 18.6 Å². The van der Waals surface area contributed by atoms with E-state index in [4.69, 9.17) is 16.0 Å². The number of nitrogens with zero attached hydrogens (tertiary/aromatic N) is 3. The van der Waals surface area contributed by atoms with E-state index in [1.807, 2.05) is 47.9 Å². The second-order valence-corrected chi connectivity index (χ2v) is 8.46. The Kier molecular flexibility index (Phi) is 7.11. The quantitative estimate of drug-likeness (QED) is 0.374. The van der Waals surface area contributed by atoms with Gasteiger partial charge in [0.05, 0.1) is 18.6 Å². The van der Waals surface area contributed by atoms with E-state index in [9.17, 15) is 9.59 Å². The molecule has 2 heterocycles. The highest BCUT2D eigenvalue weighted by Crippen LogP contribution is 2.28. The highest BCUT2D eigenvalue weighted by molar-refractivity contribution is 7.99.